The van der Waals surface area contributed by atoms with Crippen molar-refractivity contribution >= 4 is 0 Å². The van der Waals surface area contributed by atoms with Gasteiger partial charge in [0.15, 0.2) is 0 Å². The third kappa shape index (κ3) is 6.28. The molecule has 0 heterocycles. The fourth-order valence-electron chi connectivity index (χ4n) is 1.40. The maximum absolute atomic E-state index is 11.8. The molecule has 5 heteroatoms. The van der Waals surface area contributed by atoms with Crippen LogP contribution in [0.4, 0.5) is 13.2 Å². The van der Waals surface area contributed by atoms with Gasteiger partial charge in [-0.2, -0.15) is 13.2 Å². The summed E-state index contributed by atoms with van der Waals surface area (Å²) in [6.45, 7) is 1.22. The molecule has 1 atom stereocenters. The standard InChI is InChI=1S/C12H16F3NO/c1-10(11-5-3-2-4-6-11)16-7-8-17-9-12(13,14)15/h2-6,10,16H,7-9H2,1H3/t10-/m0/s1. The molecule has 0 aromatic heterocycles. The summed E-state index contributed by atoms with van der Waals surface area (Å²) < 4.78 is 39.8. The monoisotopic (exact) mass is 247 g/mol. The van der Waals surface area contributed by atoms with Crippen LogP contribution in [-0.4, -0.2) is 25.9 Å². The van der Waals surface area contributed by atoms with E-state index in [9.17, 15) is 13.2 Å². The first kappa shape index (κ1) is 14.0. The number of benzene rings is 1. The third-order valence-corrected chi connectivity index (χ3v) is 2.26. The molecule has 1 aromatic rings. The Morgan fingerprint density at radius 3 is 2.47 bits per heavy atom. The van der Waals surface area contributed by atoms with Crippen molar-refractivity contribution in [2.75, 3.05) is 19.8 Å². The van der Waals surface area contributed by atoms with Gasteiger partial charge in [0, 0.05) is 12.6 Å². The molecule has 96 valence electrons. The number of hydrogen-bond donors (Lipinski definition) is 1. The molecule has 0 bridgehead atoms. The molecule has 0 saturated heterocycles. The minimum atomic E-state index is -4.24. The van der Waals surface area contributed by atoms with Crippen molar-refractivity contribution in [1.82, 2.24) is 5.32 Å². The quantitative estimate of drug-likeness (QED) is 0.780. The van der Waals surface area contributed by atoms with Crippen molar-refractivity contribution in [2.45, 2.75) is 19.1 Å². The maximum atomic E-state index is 11.8. The smallest absolute Gasteiger partial charge is 0.371 e. The number of hydrogen-bond acceptors (Lipinski definition) is 2. The van der Waals surface area contributed by atoms with Gasteiger partial charge in [0.2, 0.25) is 0 Å². The maximum Gasteiger partial charge on any atom is 0.411 e. The van der Waals surface area contributed by atoms with Gasteiger partial charge in [-0.25, -0.2) is 0 Å². The van der Waals surface area contributed by atoms with Gasteiger partial charge >= 0.3 is 6.18 Å². The number of nitrogens with one attached hydrogen (secondary N) is 1. The van der Waals surface area contributed by atoms with Crippen LogP contribution in [-0.2, 0) is 4.74 Å². The molecule has 17 heavy (non-hydrogen) atoms. The number of rotatable bonds is 6. The van der Waals surface area contributed by atoms with E-state index in [2.05, 4.69) is 10.1 Å². The zero-order chi connectivity index (χ0) is 12.7. The minimum Gasteiger partial charge on any atom is -0.371 e. The Kier molecular flexibility index (Phi) is 5.44. The van der Waals surface area contributed by atoms with Crippen molar-refractivity contribution in [3.05, 3.63) is 35.9 Å². The number of alkyl halides is 3. The largest absolute Gasteiger partial charge is 0.411 e. The Hall–Kier alpha value is -1.07. The molecule has 1 N–H and O–H groups in total. The Balaban J connectivity index is 2.15. The minimum absolute atomic E-state index is 0.0523. The molecular weight excluding hydrogens is 231 g/mol. The average molecular weight is 247 g/mol. The molecule has 0 aliphatic heterocycles. The Morgan fingerprint density at radius 2 is 1.88 bits per heavy atom. The zero-order valence-electron chi connectivity index (χ0n) is 9.63. The van der Waals surface area contributed by atoms with E-state index in [4.69, 9.17) is 0 Å². The van der Waals surface area contributed by atoms with E-state index >= 15 is 0 Å². The molecule has 2 nitrogen and oxygen atoms in total. The lowest BCUT2D eigenvalue weighted by molar-refractivity contribution is -0.173. The first-order chi connectivity index (χ1) is 7.99. The van der Waals surface area contributed by atoms with Crippen LogP contribution in [0.15, 0.2) is 30.3 Å². The van der Waals surface area contributed by atoms with Gasteiger partial charge in [-0.3, -0.25) is 0 Å². The average Bonchev–Trinajstić information content (AvgIpc) is 2.28. The highest BCUT2D eigenvalue weighted by Gasteiger charge is 2.27. The highest BCUT2D eigenvalue weighted by Crippen LogP contribution is 2.14. The number of ether oxygens (including phenoxy) is 1. The SMILES string of the molecule is C[C@H](NCCOCC(F)(F)F)c1ccccc1. The van der Waals surface area contributed by atoms with Crippen LogP contribution in [0.3, 0.4) is 0 Å². The molecule has 0 aliphatic rings. The summed E-state index contributed by atoms with van der Waals surface area (Å²) >= 11 is 0. The summed E-state index contributed by atoms with van der Waals surface area (Å²) in [5.74, 6) is 0. The van der Waals surface area contributed by atoms with Crippen molar-refractivity contribution in [1.29, 1.82) is 0 Å². The van der Waals surface area contributed by atoms with E-state index < -0.39 is 12.8 Å². The molecular formula is C12H16F3NO. The van der Waals surface area contributed by atoms with Crippen LogP contribution in [0.5, 0.6) is 0 Å². The first-order valence-electron chi connectivity index (χ1n) is 5.42. The summed E-state index contributed by atoms with van der Waals surface area (Å²) in [5, 5.41) is 3.09. The van der Waals surface area contributed by atoms with E-state index in [-0.39, 0.29) is 12.6 Å². The summed E-state index contributed by atoms with van der Waals surface area (Å²) in [6, 6.07) is 9.80. The highest BCUT2D eigenvalue weighted by atomic mass is 19.4. The van der Waals surface area contributed by atoms with Gasteiger partial charge in [-0.1, -0.05) is 30.3 Å². The van der Waals surface area contributed by atoms with Crippen LogP contribution >= 0.6 is 0 Å². The second kappa shape index (κ2) is 6.61. The van der Waals surface area contributed by atoms with E-state index in [1.54, 1.807) is 0 Å². The lowest BCUT2D eigenvalue weighted by atomic mass is 10.1. The number of halogens is 3. The molecule has 0 saturated carbocycles. The Morgan fingerprint density at radius 1 is 1.24 bits per heavy atom. The van der Waals surface area contributed by atoms with Crippen LogP contribution in [0.1, 0.15) is 18.5 Å². The molecule has 0 amide bonds. The molecule has 0 aliphatic carbocycles. The molecule has 0 fully saturated rings. The van der Waals surface area contributed by atoms with Crippen LogP contribution in [0, 0.1) is 0 Å². The lowest BCUT2D eigenvalue weighted by Crippen LogP contribution is -2.25. The predicted octanol–water partition coefficient (Wildman–Crippen LogP) is 2.92. The third-order valence-electron chi connectivity index (χ3n) is 2.26. The molecule has 1 rings (SSSR count). The fraction of sp³-hybridized carbons (Fsp3) is 0.500. The van der Waals surface area contributed by atoms with Crippen molar-refractivity contribution in [2.24, 2.45) is 0 Å². The first-order valence-corrected chi connectivity index (χ1v) is 5.42. The summed E-state index contributed by atoms with van der Waals surface area (Å²) in [7, 11) is 0. The highest BCUT2D eigenvalue weighted by molar-refractivity contribution is 5.17. The predicted molar refractivity (Wildman–Crippen MR) is 59.7 cm³/mol. The zero-order valence-corrected chi connectivity index (χ0v) is 9.63. The van der Waals surface area contributed by atoms with Gasteiger partial charge in [-0.05, 0) is 12.5 Å². The fourth-order valence-corrected chi connectivity index (χ4v) is 1.40. The van der Waals surface area contributed by atoms with Crippen LogP contribution in [0.25, 0.3) is 0 Å². The summed E-state index contributed by atoms with van der Waals surface area (Å²) in [5.41, 5.74) is 1.10. The summed E-state index contributed by atoms with van der Waals surface area (Å²) in [6.07, 6.45) is -4.24. The van der Waals surface area contributed by atoms with Crippen molar-refractivity contribution in [3.8, 4) is 0 Å². The van der Waals surface area contributed by atoms with Crippen LogP contribution in [0.2, 0.25) is 0 Å². The normalized spacial score (nSPS) is 13.6. The topological polar surface area (TPSA) is 21.3 Å². The second-order valence-electron chi connectivity index (χ2n) is 3.75. The molecule has 0 unspecified atom stereocenters. The van der Waals surface area contributed by atoms with E-state index in [0.29, 0.717) is 6.54 Å². The van der Waals surface area contributed by atoms with Gasteiger partial charge in [0.1, 0.15) is 6.61 Å². The van der Waals surface area contributed by atoms with E-state index in [1.165, 1.54) is 0 Å². The van der Waals surface area contributed by atoms with Crippen molar-refractivity contribution in [3.63, 3.8) is 0 Å². The Labute approximate surface area is 98.8 Å². The van der Waals surface area contributed by atoms with E-state index in [1.807, 2.05) is 37.3 Å². The summed E-state index contributed by atoms with van der Waals surface area (Å²) in [4.78, 5) is 0. The van der Waals surface area contributed by atoms with Gasteiger partial charge < -0.3 is 10.1 Å². The molecule has 1 aromatic carbocycles. The van der Waals surface area contributed by atoms with Gasteiger partial charge in [-0.15, -0.1) is 0 Å². The van der Waals surface area contributed by atoms with Gasteiger partial charge in [0.25, 0.3) is 0 Å². The van der Waals surface area contributed by atoms with E-state index in [0.717, 1.165) is 5.56 Å². The van der Waals surface area contributed by atoms with Crippen molar-refractivity contribution < 1.29 is 17.9 Å². The second-order valence-corrected chi connectivity index (χ2v) is 3.75. The molecule has 0 spiro atoms. The van der Waals surface area contributed by atoms with Gasteiger partial charge in [0.05, 0.1) is 6.61 Å². The molecule has 0 radical (unpaired) electrons. The Bertz CT molecular complexity index is 313. The lowest BCUT2D eigenvalue weighted by Gasteiger charge is -2.14. The van der Waals surface area contributed by atoms with Crippen LogP contribution < -0.4 is 5.32 Å².